The molecule has 0 aromatic carbocycles. The molecular formula is C23H23F6N7O5. The number of hydrogen-bond donors (Lipinski definition) is 3. The monoisotopic (exact) mass is 591 g/mol. The van der Waals surface area contributed by atoms with E-state index in [1.54, 1.807) is 25.5 Å². The summed E-state index contributed by atoms with van der Waals surface area (Å²) in [7, 11) is 0. The molecule has 0 amide bonds. The summed E-state index contributed by atoms with van der Waals surface area (Å²) < 4.78 is 66.9. The first-order valence-electron chi connectivity index (χ1n) is 11.5. The van der Waals surface area contributed by atoms with E-state index in [0.717, 1.165) is 37.7 Å². The predicted molar refractivity (Wildman–Crippen MR) is 131 cm³/mol. The second-order valence-electron chi connectivity index (χ2n) is 7.96. The van der Waals surface area contributed by atoms with E-state index >= 15 is 0 Å². The lowest BCUT2D eigenvalue weighted by molar-refractivity contribution is -0.193. The second kappa shape index (κ2) is 14.1. The molecule has 222 valence electrons. The molecule has 12 nitrogen and oxygen atoms in total. The minimum absolute atomic E-state index is 0.156. The first-order valence-corrected chi connectivity index (χ1v) is 11.5. The van der Waals surface area contributed by atoms with Gasteiger partial charge in [-0.15, -0.1) is 5.92 Å². The van der Waals surface area contributed by atoms with Crippen molar-refractivity contribution in [2.75, 3.05) is 31.1 Å². The molecule has 0 bridgehead atoms. The third kappa shape index (κ3) is 9.49. The minimum atomic E-state index is -5.08. The third-order valence-electron chi connectivity index (χ3n) is 5.11. The van der Waals surface area contributed by atoms with Gasteiger partial charge >= 0.3 is 24.3 Å². The molecule has 0 aliphatic carbocycles. The number of halogens is 6. The summed E-state index contributed by atoms with van der Waals surface area (Å²) in [5.41, 5.74) is 1.98. The van der Waals surface area contributed by atoms with Crippen LogP contribution < -0.4 is 15.8 Å². The lowest BCUT2D eigenvalue weighted by Crippen LogP contribution is -2.44. The highest BCUT2D eigenvalue weighted by Crippen LogP contribution is 2.20. The molecule has 1 aliphatic heterocycles. The third-order valence-corrected chi connectivity index (χ3v) is 5.11. The highest BCUT2D eigenvalue weighted by Gasteiger charge is 2.38. The fourth-order valence-electron chi connectivity index (χ4n) is 3.26. The predicted octanol–water partition coefficient (Wildman–Crippen LogP) is 1.74. The van der Waals surface area contributed by atoms with Crippen molar-refractivity contribution in [3.63, 3.8) is 0 Å². The van der Waals surface area contributed by atoms with Crippen molar-refractivity contribution < 1.29 is 46.1 Å². The van der Waals surface area contributed by atoms with Crippen molar-refractivity contribution in [1.82, 2.24) is 29.6 Å². The van der Waals surface area contributed by atoms with Gasteiger partial charge in [-0.1, -0.05) is 5.92 Å². The molecule has 18 heteroatoms. The van der Waals surface area contributed by atoms with E-state index in [0.29, 0.717) is 24.1 Å². The normalized spacial score (nSPS) is 13.2. The number of carboxylic acids is 2. The maximum absolute atomic E-state index is 13.2. The molecule has 4 rings (SSSR count). The highest BCUT2D eigenvalue weighted by atomic mass is 19.4. The number of rotatable bonds is 4. The Labute approximate surface area is 227 Å². The zero-order valence-electron chi connectivity index (χ0n) is 21.2. The number of pyridine rings is 1. The van der Waals surface area contributed by atoms with Crippen LogP contribution in [0.2, 0.25) is 0 Å². The summed E-state index contributed by atoms with van der Waals surface area (Å²) in [4.78, 5) is 41.9. The number of piperazine rings is 1. The van der Waals surface area contributed by atoms with Crippen LogP contribution in [-0.4, -0.2) is 85.0 Å². The van der Waals surface area contributed by atoms with Crippen molar-refractivity contribution >= 4 is 28.9 Å². The van der Waals surface area contributed by atoms with Crippen LogP contribution in [0.3, 0.4) is 0 Å². The maximum Gasteiger partial charge on any atom is 0.490 e. The Balaban J connectivity index is 0.000000349. The summed E-state index contributed by atoms with van der Waals surface area (Å²) in [6.07, 6.45) is -5.08. The molecule has 1 saturated heterocycles. The van der Waals surface area contributed by atoms with Gasteiger partial charge in [0.1, 0.15) is 11.0 Å². The smallest absolute Gasteiger partial charge is 0.475 e. The van der Waals surface area contributed by atoms with Crippen molar-refractivity contribution in [3.05, 3.63) is 46.6 Å². The van der Waals surface area contributed by atoms with E-state index in [1.165, 1.54) is 4.68 Å². The van der Waals surface area contributed by atoms with Crippen LogP contribution in [0.4, 0.5) is 32.3 Å². The van der Waals surface area contributed by atoms with Gasteiger partial charge in [-0.3, -0.25) is 14.3 Å². The van der Waals surface area contributed by atoms with Crippen molar-refractivity contribution in [1.29, 1.82) is 0 Å². The molecular weight excluding hydrogens is 568 g/mol. The van der Waals surface area contributed by atoms with Crippen LogP contribution in [0.25, 0.3) is 11.0 Å². The van der Waals surface area contributed by atoms with E-state index < -0.39 is 24.3 Å². The molecule has 0 spiro atoms. The Morgan fingerprint density at radius 2 is 1.56 bits per heavy atom. The molecule has 1 fully saturated rings. The second-order valence-corrected chi connectivity index (χ2v) is 7.96. The number of imidazole rings is 1. The summed E-state index contributed by atoms with van der Waals surface area (Å²) >= 11 is 0. The molecule has 41 heavy (non-hydrogen) atoms. The van der Waals surface area contributed by atoms with Crippen molar-refractivity contribution in [3.8, 4) is 11.8 Å². The number of carbonyl (C=O) groups is 2. The molecule has 1 aliphatic rings. The van der Waals surface area contributed by atoms with Crippen LogP contribution in [0.1, 0.15) is 12.5 Å². The number of aromatic nitrogens is 5. The quantitative estimate of drug-likeness (QED) is 0.302. The van der Waals surface area contributed by atoms with E-state index in [1.807, 2.05) is 16.7 Å². The number of nitrogens with one attached hydrogen (secondary N) is 1. The molecule has 4 heterocycles. The number of nitrogens with zero attached hydrogens (tertiary/aromatic N) is 6. The topological polar surface area (TPSA) is 155 Å². The molecule has 3 aromatic rings. The van der Waals surface area contributed by atoms with Crippen LogP contribution in [-0.2, 0) is 22.7 Å². The Hall–Kier alpha value is -4.66. The standard InChI is InChI=1S/C19H21N7O.2C2HF3O2/c1-2-3-10-25-17-16(23-19(25)24-11-8-21-9-12-24)13-22-26(18(17)27)14-15-4-6-20-7-5-15;2*3-2(4,5)1(6)7/h4-7,13,21H,8-12,14H2,1H3;2*(H,6,7). The number of alkyl halides is 6. The minimum Gasteiger partial charge on any atom is -0.475 e. The number of anilines is 1. The van der Waals surface area contributed by atoms with Gasteiger partial charge in [-0.2, -0.15) is 31.4 Å². The van der Waals surface area contributed by atoms with Crippen molar-refractivity contribution in [2.45, 2.75) is 32.4 Å². The van der Waals surface area contributed by atoms with Gasteiger partial charge in [0.2, 0.25) is 5.95 Å². The van der Waals surface area contributed by atoms with Gasteiger partial charge in [0.05, 0.1) is 19.3 Å². The molecule has 3 N–H and O–H groups in total. The summed E-state index contributed by atoms with van der Waals surface area (Å²) in [6.45, 7) is 6.11. The Morgan fingerprint density at radius 3 is 2.05 bits per heavy atom. The molecule has 0 unspecified atom stereocenters. The number of hydrogen-bond acceptors (Lipinski definition) is 8. The molecule has 0 saturated carbocycles. The Bertz CT molecular complexity index is 1430. The summed E-state index contributed by atoms with van der Waals surface area (Å²) in [6, 6.07) is 3.76. The van der Waals surface area contributed by atoms with Crippen molar-refractivity contribution in [2.24, 2.45) is 0 Å². The van der Waals surface area contributed by atoms with E-state index in [4.69, 9.17) is 24.8 Å². The van der Waals surface area contributed by atoms with Gasteiger partial charge < -0.3 is 20.4 Å². The van der Waals surface area contributed by atoms with Crippen LogP contribution in [0.15, 0.2) is 35.5 Å². The Kier molecular flexibility index (Phi) is 11.2. The number of aliphatic carboxylic acids is 2. The molecule has 0 radical (unpaired) electrons. The fraction of sp³-hybridized carbons (Fsp3) is 0.391. The first kappa shape index (κ1) is 32.6. The fourth-order valence-corrected chi connectivity index (χ4v) is 3.26. The van der Waals surface area contributed by atoms with Gasteiger partial charge in [0.25, 0.3) is 5.56 Å². The molecule has 0 atom stereocenters. The highest BCUT2D eigenvalue weighted by molar-refractivity contribution is 5.77. The largest absolute Gasteiger partial charge is 0.490 e. The summed E-state index contributed by atoms with van der Waals surface area (Å²) in [5.74, 6) is 1.26. The SMILES string of the molecule is CC#CCn1c(N2CCNCC2)nc2cnn(Cc3ccncc3)c(=O)c21.O=C(O)C(F)(F)F.O=C(O)C(F)(F)F. The lowest BCUT2D eigenvalue weighted by atomic mass is 10.3. The van der Waals surface area contributed by atoms with Gasteiger partial charge in [0, 0.05) is 38.6 Å². The maximum atomic E-state index is 13.2. The van der Waals surface area contributed by atoms with Crippen LogP contribution in [0.5, 0.6) is 0 Å². The first-order chi connectivity index (χ1) is 19.2. The van der Waals surface area contributed by atoms with E-state index in [9.17, 15) is 31.1 Å². The van der Waals surface area contributed by atoms with E-state index in [2.05, 4.69) is 32.1 Å². The zero-order valence-corrected chi connectivity index (χ0v) is 21.2. The number of fused-ring (bicyclic) bond motifs is 1. The summed E-state index contributed by atoms with van der Waals surface area (Å²) in [5, 5.41) is 21.9. The Morgan fingerprint density at radius 1 is 1.02 bits per heavy atom. The van der Waals surface area contributed by atoms with E-state index in [-0.39, 0.29) is 5.56 Å². The van der Waals surface area contributed by atoms with Gasteiger partial charge in [-0.05, 0) is 24.6 Å². The van der Waals surface area contributed by atoms with Crippen LogP contribution in [0, 0.1) is 11.8 Å². The van der Waals surface area contributed by atoms with Gasteiger partial charge in [0.15, 0.2) is 0 Å². The number of carboxylic acid groups (broad SMARTS) is 2. The lowest BCUT2D eigenvalue weighted by Gasteiger charge is -2.28. The average Bonchev–Trinajstić information content (AvgIpc) is 3.29. The zero-order chi connectivity index (χ0) is 30.8. The molecule has 3 aromatic heterocycles. The van der Waals surface area contributed by atoms with Crippen LogP contribution >= 0.6 is 0 Å². The average molecular weight is 591 g/mol. The van der Waals surface area contributed by atoms with Gasteiger partial charge in [-0.25, -0.2) is 19.3 Å².